The largest absolute Gasteiger partial charge is 0.366 e. The Morgan fingerprint density at radius 2 is 1.80 bits per heavy atom. The summed E-state index contributed by atoms with van der Waals surface area (Å²) < 4.78 is 0. The van der Waals surface area contributed by atoms with Crippen LogP contribution >= 0.6 is 0 Å². The molecule has 5 nitrogen and oxygen atoms in total. The summed E-state index contributed by atoms with van der Waals surface area (Å²) in [5.74, 6) is 1.31. The van der Waals surface area contributed by atoms with E-state index >= 15 is 0 Å². The molecular weight excluding hydrogens is 252 g/mol. The van der Waals surface area contributed by atoms with Gasteiger partial charge in [-0.3, -0.25) is 4.79 Å². The van der Waals surface area contributed by atoms with Crippen molar-refractivity contribution in [2.75, 3.05) is 10.6 Å². The van der Waals surface area contributed by atoms with E-state index in [1.54, 1.807) is 6.07 Å². The number of hydrogen-bond acceptors (Lipinski definition) is 4. The van der Waals surface area contributed by atoms with Gasteiger partial charge in [-0.25, -0.2) is 0 Å². The van der Waals surface area contributed by atoms with Crippen LogP contribution in [0.1, 0.15) is 58.3 Å². The highest BCUT2D eigenvalue weighted by molar-refractivity contribution is 5.89. The Morgan fingerprint density at radius 3 is 2.40 bits per heavy atom. The lowest BCUT2D eigenvalue weighted by Gasteiger charge is -2.16. The second-order valence-electron chi connectivity index (χ2n) is 5.43. The van der Waals surface area contributed by atoms with Crippen molar-refractivity contribution in [1.82, 2.24) is 10.2 Å². The maximum absolute atomic E-state index is 11.5. The normalized spacial score (nSPS) is 16.4. The van der Waals surface area contributed by atoms with Crippen molar-refractivity contribution in [3.8, 4) is 0 Å². The monoisotopic (exact) mass is 276 g/mol. The van der Waals surface area contributed by atoms with Crippen molar-refractivity contribution in [1.29, 1.82) is 0 Å². The Labute approximate surface area is 120 Å². The zero-order valence-electron chi connectivity index (χ0n) is 12.2. The van der Waals surface area contributed by atoms with Gasteiger partial charge >= 0.3 is 0 Å². The molecule has 1 saturated carbocycles. The second kappa shape index (κ2) is 7.82. The molecule has 0 aromatic carbocycles. The molecule has 5 heteroatoms. The molecule has 0 radical (unpaired) electrons. The third-order valence-electron chi connectivity index (χ3n) is 3.62. The van der Waals surface area contributed by atoms with Crippen molar-refractivity contribution in [2.24, 2.45) is 0 Å². The van der Waals surface area contributed by atoms with Gasteiger partial charge in [-0.05, 0) is 31.4 Å². The molecule has 1 aromatic rings. The van der Waals surface area contributed by atoms with Crippen LogP contribution < -0.4 is 10.6 Å². The summed E-state index contributed by atoms with van der Waals surface area (Å²) in [5, 5.41) is 14.4. The molecule has 0 aliphatic heterocycles. The molecule has 1 fully saturated rings. The zero-order chi connectivity index (χ0) is 14.2. The minimum atomic E-state index is -0.00808. The van der Waals surface area contributed by atoms with E-state index in [4.69, 9.17) is 0 Å². The minimum Gasteiger partial charge on any atom is -0.366 e. The van der Waals surface area contributed by atoms with Gasteiger partial charge in [0.25, 0.3) is 0 Å². The molecule has 2 N–H and O–H groups in total. The van der Waals surface area contributed by atoms with Gasteiger partial charge in [-0.2, -0.15) is 0 Å². The maximum atomic E-state index is 11.5. The van der Waals surface area contributed by atoms with Crippen LogP contribution in [0.15, 0.2) is 12.1 Å². The van der Waals surface area contributed by atoms with Gasteiger partial charge in [0.2, 0.25) is 5.91 Å². The molecule has 0 unspecified atom stereocenters. The van der Waals surface area contributed by atoms with Crippen LogP contribution in [0, 0.1) is 0 Å². The Kier molecular flexibility index (Phi) is 5.77. The number of hydrogen-bond donors (Lipinski definition) is 2. The van der Waals surface area contributed by atoms with Crippen LogP contribution in [0.3, 0.4) is 0 Å². The number of carbonyl (C=O) groups is 1. The first-order chi connectivity index (χ1) is 9.78. The summed E-state index contributed by atoms with van der Waals surface area (Å²) in [6, 6.07) is 4.20. The molecule has 0 saturated heterocycles. The quantitative estimate of drug-likeness (QED) is 0.809. The van der Waals surface area contributed by atoms with E-state index < -0.39 is 0 Å². The third kappa shape index (κ3) is 4.79. The number of nitrogens with zero attached hydrogens (tertiary/aromatic N) is 2. The van der Waals surface area contributed by atoms with Crippen LogP contribution in [0.25, 0.3) is 0 Å². The van der Waals surface area contributed by atoms with E-state index in [-0.39, 0.29) is 5.91 Å². The number of amides is 1. The molecule has 0 spiro atoms. The molecule has 0 bridgehead atoms. The Morgan fingerprint density at radius 1 is 1.15 bits per heavy atom. The van der Waals surface area contributed by atoms with E-state index in [1.165, 1.54) is 38.5 Å². The van der Waals surface area contributed by atoms with Crippen LogP contribution in [-0.2, 0) is 4.79 Å². The van der Waals surface area contributed by atoms with Crippen molar-refractivity contribution in [2.45, 2.75) is 64.3 Å². The highest BCUT2D eigenvalue weighted by atomic mass is 16.1. The van der Waals surface area contributed by atoms with Gasteiger partial charge < -0.3 is 10.6 Å². The van der Waals surface area contributed by atoms with Crippen LogP contribution in [0.5, 0.6) is 0 Å². The molecule has 1 aliphatic rings. The molecular formula is C15H24N4O. The van der Waals surface area contributed by atoms with Gasteiger partial charge in [0.05, 0.1) is 0 Å². The fraction of sp³-hybridized carbons (Fsp3) is 0.667. The van der Waals surface area contributed by atoms with Gasteiger partial charge in [-0.1, -0.05) is 32.6 Å². The number of rotatable bonds is 5. The Bertz CT molecular complexity index is 410. The second-order valence-corrected chi connectivity index (χ2v) is 5.43. The summed E-state index contributed by atoms with van der Waals surface area (Å²) in [4.78, 5) is 11.5. The van der Waals surface area contributed by atoms with E-state index in [0.29, 0.717) is 18.3 Å². The van der Waals surface area contributed by atoms with Crippen LogP contribution in [-0.4, -0.2) is 22.1 Å². The van der Waals surface area contributed by atoms with Crippen LogP contribution in [0.4, 0.5) is 11.6 Å². The number of aromatic nitrogens is 2. The molecule has 20 heavy (non-hydrogen) atoms. The van der Waals surface area contributed by atoms with Gasteiger partial charge in [-0.15, -0.1) is 10.2 Å². The lowest BCUT2D eigenvalue weighted by Crippen LogP contribution is -2.19. The summed E-state index contributed by atoms with van der Waals surface area (Å²) in [6.45, 7) is 1.98. The summed E-state index contributed by atoms with van der Waals surface area (Å²) in [7, 11) is 0. The lowest BCUT2D eigenvalue weighted by atomic mass is 10.1. The predicted molar refractivity (Wildman–Crippen MR) is 80.7 cm³/mol. The smallest absolute Gasteiger partial charge is 0.225 e. The van der Waals surface area contributed by atoms with Gasteiger partial charge in [0.15, 0.2) is 5.82 Å². The average molecular weight is 276 g/mol. The predicted octanol–water partition coefficient (Wildman–Crippen LogP) is 3.35. The highest BCUT2D eigenvalue weighted by Crippen LogP contribution is 2.20. The average Bonchev–Trinajstić information content (AvgIpc) is 2.70. The Hall–Kier alpha value is -1.65. The van der Waals surface area contributed by atoms with Crippen molar-refractivity contribution >= 4 is 17.5 Å². The minimum absolute atomic E-state index is 0.00808. The first kappa shape index (κ1) is 14.8. The van der Waals surface area contributed by atoms with E-state index in [0.717, 1.165) is 12.2 Å². The molecule has 1 heterocycles. The molecule has 1 amide bonds. The first-order valence-corrected chi connectivity index (χ1v) is 7.68. The number of carbonyl (C=O) groups excluding carboxylic acids is 1. The van der Waals surface area contributed by atoms with Crippen molar-refractivity contribution < 1.29 is 4.79 Å². The number of nitrogens with one attached hydrogen (secondary N) is 2. The van der Waals surface area contributed by atoms with Crippen molar-refractivity contribution in [3.05, 3.63) is 12.1 Å². The summed E-state index contributed by atoms with van der Waals surface area (Å²) in [5.41, 5.74) is 0. The summed E-state index contributed by atoms with van der Waals surface area (Å²) >= 11 is 0. The molecule has 1 aliphatic carbocycles. The molecule has 0 atom stereocenters. The topological polar surface area (TPSA) is 66.9 Å². The third-order valence-corrected chi connectivity index (χ3v) is 3.62. The van der Waals surface area contributed by atoms with Crippen LogP contribution in [0.2, 0.25) is 0 Å². The van der Waals surface area contributed by atoms with Crippen molar-refractivity contribution in [3.63, 3.8) is 0 Å². The van der Waals surface area contributed by atoms with E-state index in [1.807, 2.05) is 13.0 Å². The fourth-order valence-corrected chi connectivity index (χ4v) is 2.54. The maximum Gasteiger partial charge on any atom is 0.225 e. The molecule has 110 valence electrons. The van der Waals surface area contributed by atoms with Gasteiger partial charge in [0, 0.05) is 12.5 Å². The molecule has 1 aromatic heterocycles. The molecule has 2 rings (SSSR count). The summed E-state index contributed by atoms with van der Waals surface area (Å²) in [6.07, 6.45) is 9.02. The lowest BCUT2D eigenvalue weighted by molar-refractivity contribution is -0.116. The van der Waals surface area contributed by atoms with Gasteiger partial charge in [0.1, 0.15) is 5.82 Å². The highest BCUT2D eigenvalue weighted by Gasteiger charge is 2.12. The SMILES string of the molecule is CCCC(=O)Nc1ccc(NC2CCCCCC2)nn1. The van der Waals surface area contributed by atoms with E-state index in [9.17, 15) is 4.79 Å². The fourth-order valence-electron chi connectivity index (χ4n) is 2.54. The zero-order valence-corrected chi connectivity index (χ0v) is 12.2. The standard InChI is InChI=1S/C15H24N4O/c1-2-7-15(20)17-14-11-10-13(18-19-14)16-12-8-5-3-4-6-9-12/h10-12H,2-9H2,1H3,(H,16,18)(H,17,19,20). The number of anilines is 2. The first-order valence-electron chi connectivity index (χ1n) is 7.68. The Balaban J connectivity index is 1.85. The van der Waals surface area contributed by atoms with E-state index in [2.05, 4.69) is 20.8 Å².